The van der Waals surface area contributed by atoms with Crippen molar-refractivity contribution in [2.45, 2.75) is 41.9 Å². The van der Waals surface area contributed by atoms with Crippen LogP contribution >= 0.6 is 34.8 Å². The molecule has 1 rings (SSSR count). The van der Waals surface area contributed by atoms with E-state index in [2.05, 4.69) is 10.3 Å². The van der Waals surface area contributed by atoms with Crippen LogP contribution in [0.4, 0.5) is 0 Å². The van der Waals surface area contributed by atoms with E-state index in [9.17, 15) is 4.79 Å². The molecule has 1 saturated carbocycles. The van der Waals surface area contributed by atoms with E-state index >= 15 is 0 Å². The highest BCUT2D eigenvalue weighted by molar-refractivity contribution is 6.75. The summed E-state index contributed by atoms with van der Waals surface area (Å²) in [4.78, 5) is 15.7. The van der Waals surface area contributed by atoms with E-state index in [1.165, 1.54) is 6.42 Å². The van der Waals surface area contributed by atoms with Gasteiger partial charge in [-0.25, -0.2) is 4.79 Å². The fourth-order valence-electron chi connectivity index (χ4n) is 1.42. The first-order valence-corrected chi connectivity index (χ1v) is 5.67. The van der Waals surface area contributed by atoms with Gasteiger partial charge in [0.25, 0.3) is 3.79 Å². The van der Waals surface area contributed by atoms with Crippen molar-refractivity contribution in [1.82, 2.24) is 5.48 Å². The third-order valence-corrected chi connectivity index (χ3v) is 2.62. The van der Waals surface area contributed by atoms with Crippen molar-refractivity contribution in [3.05, 3.63) is 0 Å². The number of carbonyl (C=O) groups is 1. The van der Waals surface area contributed by atoms with E-state index in [0.717, 1.165) is 25.7 Å². The molecule has 0 aromatic rings. The van der Waals surface area contributed by atoms with Crippen LogP contribution < -0.4 is 5.48 Å². The third-order valence-electron chi connectivity index (χ3n) is 2.15. The summed E-state index contributed by atoms with van der Waals surface area (Å²) in [5.74, 6) is -0.881. The first kappa shape index (κ1) is 12.4. The molecule has 0 spiro atoms. The Morgan fingerprint density at radius 1 is 1.21 bits per heavy atom. The molecule has 0 bridgehead atoms. The Morgan fingerprint density at radius 3 is 2.29 bits per heavy atom. The van der Waals surface area contributed by atoms with Gasteiger partial charge in [0, 0.05) is 6.04 Å². The molecule has 82 valence electrons. The van der Waals surface area contributed by atoms with Crippen LogP contribution in [0.25, 0.3) is 0 Å². The predicted molar refractivity (Wildman–Crippen MR) is 56.4 cm³/mol. The van der Waals surface area contributed by atoms with Crippen LogP contribution in [0, 0.1) is 0 Å². The van der Waals surface area contributed by atoms with Crippen molar-refractivity contribution >= 4 is 40.8 Å². The van der Waals surface area contributed by atoms with Gasteiger partial charge in [0.15, 0.2) is 0 Å². The molecule has 1 aliphatic carbocycles. The summed E-state index contributed by atoms with van der Waals surface area (Å²) in [5.41, 5.74) is 2.63. The lowest BCUT2D eigenvalue weighted by atomic mass is 9.96. The molecular formula is C8H12Cl3NO2. The first-order chi connectivity index (χ1) is 6.50. The fraction of sp³-hybridized carbons (Fsp3) is 0.875. The van der Waals surface area contributed by atoms with Crippen molar-refractivity contribution in [1.29, 1.82) is 0 Å². The van der Waals surface area contributed by atoms with Gasteiger partial charge in [-0.05, 0) is 12.8 Å². The molecule has 1 N–H and O–H groups in total. The highest BCUT2D eigenvalue weighted by Crippen LogP contribution is 2.27. The van der Waals surface area contributed by atoms with Crippen LogP contribution in [0.3, 0.4) is 0 Å². The second-order valence-corrected chi connectivity index (χ2v) is 5.62. The Morgan fingerprint density at radius 2 is 1.79 bits per heavy atom. The number of hydroxylamine groups is 1. The number of nitrogens with one attached hydrogen (secondary N) is 1. The second-order valence-electron chi connectivity index (χ2n) is 3.34. The molecule has 14 heavy (non-hydrogen) atoms. The lowest BCUT2D eigenvalue weighted by Crippen LogP contribution is -2.36. The van der Waals surface area contributed by atoms with Crippen molar-refractivity contribution in [3.8, 4) is 0 Å². The van der Waals surface area contributed by atoms with Gasteiger partial charge in [0.1, 0.15) is 0 Å². The van der Waals surface area contributed by atoms with Gasteiger partial charge in [-0.2, -0.15) is 0 Å². The quantitative estimate of drug-likeness (QED) is 0.613. The summed E-state index contributed by atoms with van der Waals surface area (Å²) in [6.45, 7) is 0. The molecule has 0 aliphatic heterocycles. The molecule has 0 unspecified atom stereocenters. The maximum Gasteiger partial charge on any atom is 0.377 e. The zero-order chi connectivity index (χ0) is 10.6. The van der Waals surface area contributed by atoms with Gasteiger partial charge in [0.05, 0.1) is 0 Å². The average molecular weight is 261 g/mol. The Hall–Kier alpha value is 0.300. The molecule has 0 saturated heterocycles. The Bertz CT molecular complexity index is 199. The molecule has 0 radical (unpaired) electrons. The third kappa shape index (κ3) is 4.22. The minimum atomic E-state index is -2.00. The SMILES string of the molecule is O=C(ONC1CCCCC1)C(Cl)(Cl)Cl. The van der Waals surface area contributed by atoms with E-state index in [0.29, 0.717) is 0 Å². The number of rotatable bonds is 2. The lowest BCUT2D eigenvalue weighted by Gasteiger charge is -2.22. The van der Waals surface area contributed by atoms with Crippen LogP contribution in [-0.2, 0) is 9.63 Å². The van der Waals surface area contributed by atoms with Crippen molar-refractivity contribution in [3.63, 3.8) is 0 Å². The molecular weight excluding hydrogens is 248 g/mol. The van der Waals surface area contributed by atoms with Crippen LogP contribution in [0.2, 0.25) is 0 Å². The monoisotopic (exact) mass is 259 g/mol. The zero-order valence-electron chi connectivity index (χ0n) is 7.56. The highest BCUT2D eigenvalue weighted by atomic mass is 35.6. The molecule has 3 nitrogen and oxygen atoms in total. The van der Waals surface area contributed by atoms with Gasteiger partial charge < -0.3 is 4.84 Å². The number of hydrogen-bond acceptors (Lipinski definition) is 3. The van der Waals surface area contributed by atoms with Crippen molar-refractivity contribution in [2.24, 2.45) is 0 Å². The van der Waals surface area contributed by atoms with Gasteiger partial charge in [-0.3, -0.25) is 0 Å². The molecule has 1 aliphatic rings. The zero-order valence-corrected chi connectivity index (χ0v) is 9.83. The van der Waals surface area contributed by atoms with Gasteiger partial charge in [-0.15, -0.1) is 5.48 Å². The van der Waals surface area contributed by atoms with Crippen LogP contribution in [0.1, 0.15) is 32.1 Å². The van der Waals surface area contributed by atoms with Crippen LogP contribution in [0.15, 0.2) is 0 Å². The largest absolute Gasteiger partial charge is 0.377 e. The smallest absolute Gasteiger partial charge is 0.367 e. The van der Waals surface area contributed by atoms with E-state index in [1.54, 1.807) is 0 Å². The normalized spacial score (nSPS) is 19.4. The lowest BCUT2D eigenvalue weighted by molar-refractivity contribution is -0.152. The number of halogens is 3. The van der Waals surface area contributed by atoms with E-state index in [4.69, 9.17) is 34.8 Å². The van der Waals surface area contributed by atoms with Gasteiger partial charge >= 0.3 is 5.97 Å². The standard InChI is InChI=1S/C8H12Cl3NO2/c9-8(10,11)7(13)14-12-6-4-2-1-3-5-6/h6,12H,1-5H2. The summed E-state index contributed by atoms with van der Waals surface area (Å²) in [5, 5.41) is 0. The molecule has 0 atom stereocenters. The number of carbonyl (C=O) groups excluding carboxylic acids is 1. The Kier molecular flexibility index (Phi) is 4.77. The van der Waals surface area contributed by atoms with Gasteiger partial charge in [-0.1, -0.05) is 54.1 Å². The molecule has 0 aromatic carbocycles. The van der Waals surface area contributed by atoms with E-state index < -0.39 is 9.76 Å². The number of alkyl halides is 3. The molecule has 1 fully saturated rings. The average Bonchev–Trinajstić information content (AvgIpc) is 2.14. The van der Waals surface area contributed by atoms with Crippen LogP contribution in [-0.4, -0.2) is 15.8 Å². The minimum absolute atomic E-state index is 0.194. The number of hydrogen-bond donors (Lipinski definition) is 1. The molecule has 0 heterocycles. The maximum atomic E-state index is 11.0. The summed E-state index contributed by atoms with van der Waals surface area (Å²) >= 11 is 16.0. The highest BCUT2D eigenvalue weighted by Gasteiger charge is 2.33. The summed E-state index contributed by atoms with van der Waals surface area (Å²) < 4.78 is -2.00. The maximum absolute atomic E-state index is 11.0. The summed E-state index contributed by atoms with van der Waals surface area (Å²) in [7, 11) is 0. The Labute approximate surface area is 98.0 Å². The Balaban J connectivity index is 2.22. The van der Waals surface area contributed by atoms with Gasteiger partial charge in [0.2, 0.25) is 0 Å². The van der Waals surface area contributed by atoms with Crippen molar-refractivity contribution < 1.29 is 9.63 Å². The second kappa shape index (κ2) is 5.40. The fourth-order valence-corrected chi connectivity index (χ4v) is 1.53. The van der Waals surface area contributed by atoms with E-state index in [-0.39, 0.29) is 6.04 Å². The summed E-state index contributed by atoms with van der Waals surface area (Å²) in [6.07, 6.45) is 5.50. The molecule has 0 aromatic heterocycles. The minimum Gasteiger partial charge on any atom is -0.367 e. The van der Waals surface area contributed by atoms with Crippen LogP contribution in [0.5, 0.6) is 0 Å². The molecule has 0 amide bonds. The topological polar surface area (TPSA) is 38.3 Å². The molecule has 6 heteroatoms. The first-order valence-electron chi connectivity index (χ1n) is 4.53. The van der Waals surface area contributed by atoms with Crippen molar-refractivity contribution in [2.75, 3.05) is 0 Å². The summed E-state index contributed by atoms with van der Waals surface area (Å²) in [6, 6.07) is 0.194. The predicted octanol–water partition coefficient (Wildman–Crippen LogP) is 2.74. The van der Waals surface area contributed by atoms with E-state index in [1.807, 2.05) is 0 Å².